The van der Waals surface area contributed by atoms with Crippen LogP contribution >= 0.6 is 0 Å². The first-order valence-electron chi connectivity index (χ1n) is 4.25. The number of methoxy groups -OCH3 is 1. The second-order valence-corrected chi connectivity index (χ2v) is 2.67. The van der Waals surface area contributed by atoms with E-state index in [1.165, 1.54) is 13.2 Å². The van der Waals surface area contributed by atoms with Crippen molar-refractivity contribution in [3.63, 3.8) is 0 Å². The molecule has 0 saturated carbocycles. The standard InChI is InChI=1S/C9H12N2O3/c1-3-10-7-4-5-8(11(12)13)9(6-7)14-2/h4-6,10H,3H2,1-2H3. The zero-order valence-electron chi connectivity index (χ0n) is 8.11. The molecule has 0 aliphatic heterocycles. The van der Waals surface area contributed by atoms with Crippen LogP contribution in [0.15, 0.2) is 18.2 Å². The summed E-state index contributed by atoms with van der Waals surface area (Å²) in [5.74, 6) is 0.272. The number of hydrogen-bond acceptors (Lipinski definition) is 4. The molecule has 5 nitrogen and oxygen atoms in total. The maximum absolute atomic E-state index is 10.6. The molecule has 1 rings (SSSR count). The van der Waals surface area contributed by atoms with Crippen LogP contribution in [0.2, 0.25) is 0 Å². The van der Waals surface area contributed by atoms with E-state index < -0.39 is 4.92 Å². The fraction of sp³-hybridized carbons (Fsp3) is 0.333. The zero-order chi connectivity index (χ0) is 10.6. The molecule has 1 aromatic carbocycles. The van der Waals surface area contributed by atoms with Crippen LogP contribution in [0.5, 0.6) is 5.75 Å². The Morgan fingerprint density at radius 1 is 1.57 bits per heavy atom. The fourth-order valence-corrected chi connectivity index (χ4v) is 1.14. The van der Waals surface area contributed by atoms with Crippen molar-refractivity contribution in [2.45, 2.75) is 6.92 Å². The van der Waals surface area contributed by atoms with Gasteiger partial charge >= 0.3 is 5.69 Å². The van der Waals surface area contributed by atoms with Gasteiger partial charge in [-0.1, -0.05) is 0 Å². The first-order valence-corrected chi connectivity index (χ1v) is 4.25. The van der Waals surface area contributed by atoms with Gasteiger partial charge in [0, 0.05) is 24.4 Å². The molecular formula is C9H12N2O3. The van der Waals surface area contributed by atoms with Gasteiger partial charge in [-0.3, -0.25) is 10.1 Å². The van der Waals surface area contributed by atoms with E-state index in [1.54, 1.807) is 12.1 Å². The van der Waals surface area contributed by atoms with Gasteiger partial charge in [0.15, 0.2) is 5.75 Å². The van der Waals surface area contributed by atoms with Crippen LogP contribution in [0.25, 0.3) is 0 Å². The van der Waals surface area contributed by atoms with Gasteiger partial charge in [0.25, 0.3) is 0 Å². The molecule has 5 heteroatoms. The third-order valence-electron chi connectivity index (χ3n) is 1.76. The minimum Gasteiger partial charge on any atom is -0.490 e. The molecule has 1 N–H and O–H groups in total. The average Bonchev–Trinajstić information content (AvgIpc) is 2.17. The van der Waals surface area contributed by atoms with Crippen molar-refractivity contribution in [2.24, 2.45) is 0 Å². The number of nitrogens with one attached hydrogen (secondary N) is 1. The van der Waals surface area contributed by atoms with Gasteiger partial charge in [0.2, 0.25) is 0 Å². The average molecular weight is 196 g/mol. The minimum atomic E-state index is -0.464. The third kappa shape index (κ3) is 2.12. The Morgan fingerprint density at radius 3 is 2.79 bits per heavy atom. The summed E-state index contributed by atoms with van der Waals surface area (Å²) in [6, 6.07) is 4.70. The quantitative estimate of drug-likeness (QED) is 0.591. The number of ether oxygens (including phenoxy) is 1. The van der Waals surface area contributed by atoms with E-state index in [2.05, 4.69) is 5.32 Å². The Morgan fingerprint density at radius 2 is 2.29 bits per heavy atom. The van der Waals surface area contributed by atoms with Gasteiger partial charge < -0.3 is 10.1 Å². The van der Waals surface area contributed by atoms with Gasteiger partial charge in [0.05, 0.1) is 12.0 Å². The maximum atomic E-state index is 10.6. The van der Waals surface area contributed by atoms with E-state index >= 15 is 0 Å². The molecule has 0 fully saturated rings. The van der Waals surface area contributed by atoms with E-state index in [0.717, 1.165) is 12.2 Å². The van der Waals surface area contributed by atoms with Crippen LogP contribution < -0.4 is 10.1 Å². The summed E-state index contributed by atoms with van der Waals surface area (Å²) in [6.07, 6.45) is 0. The summed E-state index contributed by atoms with van der Waals surface area (Å²) in [7, 11) is 1.41. The lowest BCUT2D eigenvalue weighted by Gasteiger charge is -2.05. The van der Waals surface area contributed by atoms with E-state index in [0.29, 0.717) is 0 Å². The van der Waals surface area contributed by atoms with Gasteiger partial charge in [-0.2, -0.15) is 0 Å². The number of benzene rings is 1. The van der Waals surface area contributed by atoms with Crippen LogP contribution in [0.1, 0.15) is 6.92 Å². The molecular weight excluding hydrogens is 184 g/mol. The van der Waals surface area contributed by atoms with Gasteiger partial charge in [-0.25, -0.2) is 0 Å². The number of anilines is 1. The molecule has 14 heavy (non-hydrogen) atoms. The smallest absolute Gasteiger partial charge is 0.311 e. The summed E-state index contributed by atoms with van der Waals surface area (Å²) in [5.41, 5.74) is 0.795. The van der Waals surface area contributed by atoms with Gasteiger partial charge in [0.1, 0.15) is 0 Å². The molecule has 0 bridgehead atoms. The molecule has 0 aliphatic rings. The fourth-order valence-electron chi connectivity index (χ4n) is 1.14. The van der Waals surface area contributed by atoms with Crippen molar-refractivity contribution < 1.29 is 9.66 Å². The number of nitro benzene ring substituents is 1. The summed E-state index contributed by atoms with van der Waals surface area (Å²) in [6.45, 7) is 2.72. The second kappa shape index (κ2) is 4.45. The van der Waals surface area contributed by atoms with Crippen LogP contribution in [0.4, 0.5) is 11.4 Å². The zero-order valence-corrected chi connectivity index (χ0v) is 8.11. The SMILES string of the molecule is CCNc1ccc([N+](=O)[O-])c(OC)c1. The topological polar surface area (TPSA) is 64.4 Å². The van der Waals surface area contributed by atoms with Gasteiger partial charge in [-0.15, -0.1) is 0 Å². The Hall–Kier alpha value is -1.78. The van der Waals surface area contributed by atoms with Crippen LogP contribution in [-0.4, -0.2) is 18.6 Å². The highest BCUT2D eigenvalue weighted by Gasteiger charge is 2.13. The normalized spacial score (nSPS) is 9.57. The number of hydrogen-bond donors (Lipinski definition) is 1. The number of nitro groups is 1. The van der Waals surface area contributed by atoms with E-state index in [4.69, 9.17) is 4.74 Å². The van der Waals surface area contributed by atoms with Crippen molar-refractivity contribution in [3.05, 3.63) is 28.3 Å². The monoisotopic (exact) mass is 196 g/mol. The maximum Gasteiger partial charge on any atom is 0.311 e. The number of nitrogens with zero attached hydrogens (tertiary/aromatic N) is 1. The van der Waals surface area contributed by atoms with E-state index in [9.17, 15) is 10.1 Å². The van der Waals surface area contributed by atoms with Crippen molar-refractivity contribution in [3.8, 4) is 5.75 Å². The van der Waals surface area contributed by atoms with Crippen LogP contribution in [-0.2, 0) is 0 Å². The predicted octanol–water partition coefficient (Wildman–Crippen LogP) is 2.04. The third-order valence-corrected chi connectivity index (χ3v) is 1.76. The molecule has 0 atom stereocenters. The molecule has 0 aliphatic carbocycles. The van der Waals surface area contributed by atoms with E-state index in [-0.39, 0.29) is 11.4 Å². The molecule has 0 aromatic heterocycles. The van der Waals surface area contributed by atoms with Crippen LogP contribution in [0.3, 0.4) is 0 Å². The minimum absolute atomic E-state index is 0.0193. The molecule has 76 valence electrons. The molecule has 0 radical (unpaired) electrons. The molecule has 0 unspecified atom stereocenters. The Labute approximate surface area is 81.8 Å². The summed E-state index contributed by atoms with van der Waals surface area (Å²) >= 11 is 0. The molecule has 0 saturated heterocycles. The number of rotatable bonds is 4. The summed E-state index contributed by atoms with van der Waals surface area (Å²) in [5, 5.41) is 13.6. The summed E-state index contributed by atoms with van der Waals surface area (Å²) in [4.78, 5) is 10.1. The first kappa shape index (κ1) is 10.3. The Balaban J connectivity index is 3.05. The lowest BCUT2D eigenvalue weighted by atomic mass is 10.2. The Bertz CT molecular complexity index is 339. The Kier molecular flexibility index (Phi) is 3.28. The van der Waals surface area contributed by atoms with Crippen LogP contribution in [0, 0.1) is 10.1 Å². The first-order chi connectivity index (χ1) is 6.69. The van der Waals surface area contributed by atoms with E-state index in [1.807, 2.05) is 6.92 Å². The predicted molar refractivity (Wildman–Crippen MR) is 53.8 cm³/mol. The molecule has 0 amide bonds. The van der Waals surface area contributed by atoms with Crippen molar-refractivity contribution in [1.82, 2.24) is 0 Å². The highest BCUT2D eigenvalue weighted by Crippen LogP contribution is 2.29. The highest BCUT2D eigenvalue weighted by molar-refractivity contribution is 5.57. The summed E-state index contributed by atoms with van der Waals surface area (Å²) < 4.78 is 4.91. The van der Waals surface area contributed by atoms with Crippen molar-refractivity contribution in [2.75, 3.05) is 19.0 Å². The van der Waals surface area contributed by atoms with Crippen molar-refractivity contribution >= 4 is 11.4 Å². The second-order valence-electron chi connectivity index (χ2n) is 2.67. The molecule has 1 aromatic rings. The highest BCUT2D eigenvalue weighted by atomic mass is 16.6. The lowest BCUT2D eigenvalue weighted by molar-refractivity contribution is -0.385. The molecule has 0 spiro atoms. The van der Waals surface area contributed by atoms with Crippen molar-refractivity contribution in [1.29, 1.82) is 0 Å². The van der Waals surface area contributed by atoms with Gasteiger partial charge in [-0.05, 0) is 13.0 Å². The lowest BCUT2D eigenvalue weighted by Crippen LogP contribution is -1.98. The largest absolute Gasteiger partial charge is 0.490 e. The molecule has 0 heterocycles.